The molecule has 4 rings (SSSR count). The van der Waals surface area contributed by atoms with Gasteiger partial charge in [-0.3, -0.25) is 0 Å². The van der Waals surface area contributed by atoms with E-state index in [4.69, 9.17) is 19.4 Å². The van der Waals surface area contributed by atoms with Crippen molar-refractivity contribution in [1.82, 2.24) is 20.2 Å². The van der Waals surface area contributed by atoms with Gasteiger partial charge in [0, 0.05) is 36.4 Å². The Bertz CT molecular complexity index is 1150. The smallest absolute Gasteiger partial charge is 0.410 e. The lowest BCUT2D eigenvalue weighted by Gasteiger charge is -2.41. The van der Waals surface area contributed by atoms with Gasteiger partial charge in [0.1, 0.15) is 11.4 Å². The Morgan fingerprint density at radius 1 is 1.16 bits per heavy atom. The number of aromatic nitrogens is 2. The first-order valence-electron chi connectivity index (χ1n) is 13.4. The van der Waals surface area contributed by atoms with Crippen LogP contribution in [-0.2, 0) is 22.4 Å². The van der Waals surface area contributed by atoms with Crippen molar-refractivity contribution >= 4 is 23.6 Å². The second kappa shape index (κ2) is 11.6. The molecule has 0 bridgehead atoms. The molecule has 3 amide bonds. The number of morpholine rings is 1. The van der Waals surface area contributed by atoms with Gasteiger partial charge in [0.05, 0.1) is 31.5 Å². The van der Waals surface area contributed by atoms with E-state index in [0.717, 1.165) is 29.2 Å². The first-order chi connectivity index (χ1) is 18.1. The molecule has 0 spiro atoms. The minimum atomic E-state index is -0.568. The van der Waals surface area contributed by atoms with E-state index in [1.54, 1.807) is 4.90 Å². The minimum Gasteiger partial charge on any atom is -0.444 e. The number of rotatable bonds is 5. The van der Waals surface area contributed by atoms with E-state index < -0.39 is 5.60 Å². The van der Waals surface area contributed by atoms with Crippen LogP contribution in [-0.4, -0.2) is 71.5 Å². The predicted molar refractivity (Wildman–Crippen MR) is 147 cm³/mol. The zero-order valence-corrected chi connectivity index (χ0v) is 23.3. The number of urea groups is 1. The van der Waals surface area contributed by atoms with E-state index in [2.05, 4.69) is 29.4 Å². The summed E-state index contributed by atoms with van der Waals surface area (Å²) in [5.74, 6) is 1.88. The second-order valence-corrected chi connectivity index (χ2v) is 11.1. The number of nitrogens with zero attached hydrogens (tertiary/aromatic N) is 4. The largest absolute Gasteiger partial charge is 0.444 e. The highest BCUT2D eigenvalue weighted by Gasteiger charge is 2.34. The van der Waals surface area contributed by atoms with Gasteiger partial charge < -0.3 is 29.9 Å². The molecular formula is C28H40N6O4. The van der Waals surface area contributed by atoms with Gasteiger partial charge in [-0.1, -0.05) is 13.8 Å². The first-order valence-corrected chi connectivity index (χ1v) is 13.4. The fraction of sp³-hybridized carbons (Fsp3) is 0.571. The van der Waals surface area contributed by atoms with Crippen molar-refractivity contribution in [2.45, 2.75) is 66.2 Å². The number of hydrogen-bond donors (Lipinski definition) is 2. The molecule has 2 N–H and O–H groups in total. The highest BCUT2D eigenvalue weighted by atomic mass is 16.6. The molecule has 1 aromatic heterocycles. The third kappa shape index (κ3) is 6.53. The van der Waals surface area contributed by atoms with Crippen LogP contribution in [0.2, 0.25) is 0 Å². The van der Waals surface area contributed by atoms with Crippen LogP contribution in [0.25, 0.3) is 11.4 Å². The number of fused-ring (bicyclic) bond motifs is 1. The number of ether oxygens (including phenoxy) is 2. The van der Waals surface area contributed by atoms with E-state index in [1.807, 2.05) is 52.0 Å². The summed E-state index contributed by atoms with van der Waals surface area (Å²) in [5, 5.41) is 5.54. The number of anilines is 2. The fourth-order valence-corrected chi connectivity index (χ4v) is 4.74. The molecular weight excluding hydrogens is 484 g/mol. The van der Waals surface area contributed by atoms with Crippen molar-refractivity contribution in [3.8, 4) is 11.4 Å². The standard InChI is InChI=1S/C28H40N6O4/c1-7-29-26(35)30-20-10-8-19(9-11-20)24-31-22-16-33(27(36)38-28(4,5)6)13-12-21(22)25(32-24)34-14-15-37-17-23(34)18(2)3/h8-11,18,23H,7,12-17H2,1-6H3,(H2,29,30,35)/t23-/m1/s1. The van der Waals surface area contributed by atoms with Gasteiger partial charge in [-0.15, -0.1) is 0 Å². The maximum Gasteiger partial charge on any atom is 0.410 e. The number of carbonyl (C=O) groups is 2. The summed E-state index contributed by atoms with van der Waals surface area (Å²) in [5.41, 5.74) is 2.86. The zero-order chi connectivity index (χ0) is 27.4. The predicted octanol–water partition coefficient (Wildman–Crippen LogP) is 4.44. The summed E-state index contributed by atoms with van der Waals surface area (Å²) < 4.78 is 11.5. The molecule has 2 aromatic rings. The highest BCUT2D eigenvalue weighted by Crippen LogP contribution is 2.33. The Balaban J connectivity index is 1.70. The van der Waals surface area contributed by atoms with Gasteiger partial charge in [-0.2, -0.15) is 0 Å². The normalized spacial score (nSPS) is 17.7. The summed E-state index contributed by atoms with van der Waals surface area (Å²) in [6, 6.07) is 7.43. The molecule has 10 heteroatoms. The van der Waals surface area contributed by atoms with Crippen LogP contribution in [0.15, 0.2) is 24.3 Å². The van der Waals surface area contributed by atoms with Crippen molar-refractivity contribution in [2.75, 3.05) is 43.1 Å². The van der Waals surface area contributed by atoms with E-state index in [-0.39, 0.29) is 18.2 Å². The van der Waals surface area contributed by atoms with Crippen molar-refractivity contribution in [3.63, 3.8) is 0 Å². The molecule has 2 aliphatic rings. The van der Waals surface area contributed by atoms with Gasteiger partial charge in [0.2, 0.25) is 0 Å². The third-order valence-corrected chi connectivity index (χ3v) is 6.64. The van der Waals surface area contributed by atoms with Crippen LogP contribution < -0.4 is 15.5 Å². The van der Waals surface area contributed by atoms with Gasteiger partial charge in [0.15, 0.2) is 5.82 Å². The van der Waals surface area contributed by atoms with Gasteiger partial charge in [0.25, 0.3) is 0 Å². The molecule has 3 heterocycles. The molecule has 0 unspecified atom stereocenters. The summed E-state index contributed by atoms with van der Waals surface area (Å²) in [4.78, 5) is 38.9. The quantitative estimate of drug-likeness (QED) is 0.595. The maximum atomic E-state index is 12.9. The molecule has 2 aliphatic heterocycles. The molecule has 10 nitrogen and oxygen atoms in total. The van der Waals surface area contributed by atoms with Crippen molar-refractivity contribution < 1.29 is 19.1 Å². The summed E-state index contributed by atoms with van der Waals surface area (Å²) in [6.45, 7) is 15.4. The first kappa shape index (κ1) is 27.6. The summed E-state index contributed by atoms with van der Waals surface area (Å²) >= 11 is 0. The lowest BCUT2D eigenvalue weighted by Crippen LogP contribution is -2.50. The third-order valence-electron chi connectivity index (χ3n) is 6.64. The summed E-state index contributed by atoms with van der Waals surface area (Å²) in [7, 11) is 0. The number of carbonyl (C=O) groups excluding carboxylic acids is 2. The van der Waals surface area contributed by atoms with Crippen LogP contribution in [0.4, 0.5) is 21.1 Å². The topological polar surface area (TPSA) is 109 Å². The molecule has 0 radical (unpaired) electrons. The lowest BCUT2D eigenvalue weighted by atomic mass is 9.99. The van der Waals surface area contributed by atoms with E-state index >= 15 is 0 Å². The second-order valence-electron chi connectivity index (χ2n) is 11.1. The Morgan fingerprint density at radius 3 is 2.55 bits per heavy atom. The van der Waals surface area contributed by atoms with Gasteiger partial charge >= 0.3 is 12.1 Å². The SMILES string of the molecule is CCNC(=O)Nc1ccc(-c2nc3c(c(N4CCOC[C@@H]4C(C)C)n2)CCN(C(=O)OC(C)(C)C)C3)cc1. The number of hydrogen-bond acceptors (Lipinski definition) is 7. The highest BCUT2D eigenvalue weighted by molar-refractivity contribution is 5.89. The van der Waals surface area contributed by atoms with E-state index in [9.17, 15) is 9.59 Å². The number of benzene rings is 1. The molecule has 1 atom stereocenters. The lowest BCUT2D eigenvalue weighted by molar-refractivity contribution is 0.0220. The molecule has 1 fully saturated rings. The molecule has 206 valence electrons. The van der Waals surface area contributed by atoms with Crippen LogP contribution in [0.3, 0.4) is 0 Å². The van der Waals surface area contributed by atoms with Crippen LogP contribution >= 0.6 is 0 Å². The molecule has 38 heavy (non-hydrogen) atoms. The molecule has 0 aliphatic carbocycles. The Hall–Kier alpha value is -3.40. The van der Waals surface area contributed by atoms with E-state index in [1.165, 1.54) is 0 Å². The zero-order valence-electron chi connectivity index (χ0n) is 23.3. The number of nitrogens with one attached hydrogen (secondary N) is 2. The van der Waals surface area contributed by atoms with Gasteiger partial charge in [-0.05, 0) is 64.3 Å². The average molecular weight is 525 g/mol. The van der Waals surface area contributed by atoms with Crippen molar-refractivity contribution in [2.24, 2.45) is 5.92 Å². The number of amides is 3. The maximum absolute atomic E-state index is 12.9. The van der Waals surface area contributed by atoms with Crippen molar-refractivity contribution in [3.05, 3.63) is 35.5 Å². The summed E-state index contributed by atoms with van der Waals surface area (Å²) in [6.07, 6.45) is 0.318. The van der Waals surface area contributed by atoms with Crippen molar-refractivity contribution in [1.29, 1.82) is 0 Å². The minimum absolute atomic E-state index is 0.197. The van der Waals surface area contributed by atoms with E-state index in [0.29, 0.717) is 56.7 Å². The van der Waals surface area contributed by atoms with Crippen LogP contribution in [0.5, 0.6) is 0 Å². The van der Waals surface area contributed by atoms with Crippen LogP contribution in [0, 0.1) is 5.92 Å². The Kier molecular flexibility index (Phi) is 8.40. The molecule has 0 saturated carbocycles. The Labute approximate surface area is 225 Å². The molecule has 1 saturated heterocycles. The average Bonchev–Trinajstić information content (AvgIpc) is 2.87. The van der Waals surface area contributed by atoms with Crippen LogP contribution in [0.1, 0.15) is 52.8 Å². The fourth-order valence-electron chi connectivity index (χ4n) is 4.74. The Morgan fingerprint density at radius 2 is 1.89 bits per heavy atom. The molecule has 1 aromatic carbocycles. The monoisotopic (exact) mass is 524 g/mol. The van der Waals surface area contributed by atoms with Gasteiger partial charge in [-0.25, -0.2) is 19.6 Å².